The molecule has 4 rings (SSSR count). The van der Waals surface area contributed by atoms with Crippen LogP contribution in [0.5, 0.6) is 5.75 Å². The van der Waals surface area contributed by atoms with Gasteiger partial charge in [-0.25, -0.2) is 0 Å². The van der Waals surface area contributed by atoms with Crippen molar-refractivity contribution in [3.8, 4) is 5.75 Å². The minimum atomic E-state index is -0.0499. The van der Waals surface area contributed by atoms with Crippen molar-refractivity contribution in [3.05, 3.63) is 71.0 Å². The van der Waals surface area contributed by atoms with E-state index in [4.69, 9.17) is 14.2 Å². The number of fused-ring (bicyclic) bond motifs is 4. The molecule has 0 radical (unpaired) electrons. The lowest BCUT2D eigenvalue weighted by atomic mass is 9.91. The van der Waals surface area contributed by atoms with Crippen LogP contribution in [-0.4, -0.2) is 19.5 Å². The van der Waals surface area contributed by atoms with Crippen LogP contribution in [0.3, 0.4) is 0 Å². The summed E-state index contributed by atoms with van der Waals surface area (Å²) in [7, 11) is 0. The molecule has 2 aliphatic heterocycles. The second-order valence-electron chi connectivity index (χ2n) is 4.86. The molecule has 0 bridgehead atoms. The van der Waals surface area contributed by atoms with E-state index in [2.05, 4.69) is 12.2 Å². The van der Waals surface area contributed by atoms with Crippen LogP contribution in [-0.2, 0) is 9.47 Å². The number of para-hydroxylation sites is 1. The average molecular weight is 266 g/mol. The van der Waals surface area contributed by atoms with Gasteiger partial charge in [0, 0.05) is 11.1 Å². The first-order chi connectivity index (χ1) is 9.92. The Balaban J connectivity index is 1.85. The van der Waals surface area contributed by atoms with Crippen molar-refractivity contribution in [2.45, 2.75) is 6.10 Å². The summed E-state index contributed by atoms with van der Waals surface area (Å²) in [6.45, 7) is 0.844. The summed E-state index contributed by atoms with van der Waals surface area (Å²) in [6, 6.07) is 7.96. The molecule has 1 unspecified atom stereocenters. The highest BCUT2D eigenvalue weighted by Crippen LogP contribution is 2.35. The third-order valence-corrected chi connectivity index (χ3v) is 3.63. The van der Waals surface area contributed by atoms with Crippen LogP contribution < -0.4 is 4.74 Å². The van der Waals surface area contributed by atoms with Crippen LogP contribution in [0.2, 0.25) is 0 Å². The Bertz CT molecular complexity index is 665. The molecule has 0 spiro atoms. The zero-order chi connectivity index (χ0) is 13.4. The molecular formula is C17H14O3. The summed E-state index contributed by atoms with van der Waals surface area (Å²) < 4.78 is 17.2. The summed E-state index contributed by atoms with van der Waals surface area (Å²) in [6.07, 6.45) is 10.2. The molecule has 100 valence electrons. The van der Waals surface area contributed by atoms with E-state index in [-0.39, 0.29) is 12.9 Å². The zero-order valence-corrected chi connectivity index (χ0v) is 10.9. The maximum absolute atomic E-state index is 5.88. The van der Waals surface area contributed by atoms with Crippen molar-refractivity contribution >= 4 is 6.08 Å². The monoisotopic (exact) mass is 266 g/mol. The minimum Gasteiger partial charge on any atom is -0.457 e. The van der Waals surface area contributed by atoms with E-state index in [1.165, 1.54) is 0 Å². The Morgan fingerprint density at radius 2 is 2.00 bits per heavy atom. The van der Waals surface area contributed by atoms with Crippen molar-refractivity contribution in [2.75, 3.05) is 13.4 Å². The smallest absolute Gasteiger partial charge is 0.230 e. The molecule has 3 heteroatoms. The minimum absolute atomic E-state index is 0.0499. The molecule has 1 aliphatic carbocycles. The lowest BCUT2D eigenvalue weighted by molar-refractivity contribution is 0.0524. The maximum Gasteiger partial charge on any atom is 0.230 e. The predicted molar refractivity (Wildman–Crippen MR) is 76.0 cm³/mol. The first kappa shape index (κ1) is 11.6. The van der Waals surface area contributed by atoms with Gasteiger partial charge >= 0.3 is 0 Å². The van der Waals surface area contributed by atoms with Gasteiger partial charge in [-0.05, 0) is 23.8 Å². The fourth-order valence-electron chi connectivity index (χ4n) is 2.66. The van der Waals surface area contributed by atoms with Gasteiger partial charge in [-0.1, -0.05) is 36.4 Å². The third kappa shape index (κ3) is 1.87. The highest BCUT2D eigenvalue weighted by molar-refractivity contribution is 5.67. The lowest BCUT2D eigenvalue weighted by Gasteiger charge is -2.30. The molecule has 0 amide bonds. The molecule has 0 saturated carbocycles. The van der Waals surface area contributed by atoms with Crippen LogP contribution in [0.15, 0.2) is 65.5 Å². The van der Waals surface area contributed by atoms with Gasteiger partial charge in [0.05, 0.1) is 6.61 Å². The van der Waals surface area contributed by atoms with Gasteiger partial charge in [0.2, 0.25) is 6.79 Å². The highest BCUT2D eigenvalue weighted by Gasteiger charge is 2.28. The molecule has 0 saturated heterocycles. The third-order valence-electron chi connectivity index (χ3n) is 3.63. The van der Waals surface area contributed by atoms with E-state index in [1.54, 1.807) is 0 Å². The number of hydrogen-bond donors (Lipinski definition) is 0. The van der Waals surface area contributed by atoms with Crippen molar-refractivity contribution in [3.63, 3.8) is 0 Å². The van der Waals surface area contributed by atoms with E-state index in [9.17, 15) is 0 Å². The van der Waals surface area contributed by atoms with E-state index >= 15 is 0 Å². The van der Waals surface area contributed by atoms with Crippen LogP contribution in [0.25, 0.3) is 6.08 Å². The Morgan fingerprint density at radius 3 is 3.00 bits per heavy atom. The molecule has 0 N–H and O–H groups in total. The molecule has 0 fully saturated rings. The normalized spacial score (nSPS) is 23.4. The maximum atomic E-state index is 5.88. The summed E-state index contributed by atoms with van der Waals surface area (Å²) in [5.41, 5.74) is 3.27. The van der Waals surface area contributed by atoms with Gasteiger partial charge in [0.15, 0.2) is 0 Å². The second-order valence-corrected chi connectivity index (χ2v) is 4.86. The zero-order valence-electron chi connectivity index (χ0n) is 10.9. The Hall–Kier alpha value is -2.26. The quantitative estimate of drug-likeness (QED) is 0.721. The van der Waals surface area contributed by atoms with Gasteiger partial charge in [0.1, 0.15) is 17.6 Å². The molecule has 1 aromatic carbocycles. The molecule has 3 nitrogen and oxygen atoms in total. The van der Waals surface area contributed by atoms with Crippen molar-refractivity contribution in [1.29, 1.82) is 0 Å². The fourth-order valence-corrected chi connectivity index (χ4v) is 2.66. The van der Waals surface area contributed by atoms with Crippen LogP contribution in [0, 0.1) is 0 Å². The van der Waals surface area contributed by atoms with E-state index in [1.807, 2.05) is 42.5 Å². The number of rotatable bonds is 0. The molecule has 1 atom stereocenters. The topological polar surface area (TPSA) is 27.7 Å². The standard InChI is InChI=1S/C17H14O3/c1-2-6-15-13(4-1)10-14-16(20-11-19-15)8-7-12-5-3-9-18-17(12)14/h1-8,10,17H,9,11H2. The van der Waals surface area contributed by atoms with Gasteiger partial charge in [0.25, 0.3) is 0 Å². The second kappa shape index (κ2) is 4.69. The fraction of sp³-hybridized carbons (Fsp3) is 0.176. The Kier molecular flexibility index (Phi) is 2.71. The summed E-state index contributed by atoms with van der Waals surface area (Å²) in [5.74, 6) is 1.66. The molecule has 20 heavy (non-hydrogen) atoms. The van der Waals surface area contributed by atoms with Crippen LogP contribution in [0.1, 0.15) is 5.56 Å². The van der Waals surface area contributed by atoms with Gasteiger partial charge < -0.3 is 14.2 Å². The highest BCUT2D eigenvalue weighted by atomic mass is 16.7. The number of ether oxygens (including phenoxy) is 3. The van der Waals surface area contributed by atoms with Crippen molar-refractivity contribution in [2.24, 2.45) is 0 Å². The number of allylic oxidation sites excluding steroid dienone is 2. The molecule has 3 aliphatic rings. The van der Waals surface area contributed by atoms with Gasteiger partial charge in [-0.15, -0.1) is 0 Å². The van der Waals surface area contributed by atoms with Gasteiger partial charge in [-0.2, -0.15) is 0 Å². The molecule has 0 aromatic heterocycles. The van der Waals surface area contributed by atoms with Crippen LogP contribution in [0.4, 0.5) is 0 Å². The van der Waals surface area contributed by atoms with E-state index in [0.29, 0.717) is 6.61 Å². The summed E-state index contributed by atoms with van der Waals surface area (Å²) in [4.78, 5) is 0. The predicted octanol–water partition coefficient (Wildman–Crippen LogP) is 3.22. The largest absolute Gasteiger partial charge is 0.457 e. The number of hydrogen-bond acceptors (Lipinski definition) is 3. The van der Waals surface area contributed by atoms with E-state index in [0.717, 1.165) is 28.2 Å². The van der Waals surface area contributed by atoms with E-state index < -0.39 is 0 Å². The van der Waals surface area contributed by atoms with Crippen molar-refractivity contribution in [1.82, 2.24) is 0 Å². The first-order valence-electron chi connectivity index (χ1n) is 6.68. The summed E-state index contributed by atoms with van der Waals surface area (Å²) >= 11 is 0. The van der Waals surface area contributed by atoms with Gasteiger partial charge in [-0.3, -0.25) is 0 Å². The molecule has 1 aromatic rings. The van der Waals surface area contributed by atoms with Crippen molar-refractivity contribution < 1.29 is 14.2 Å². The number of benzene rings is 1. The average Bonchev–Trinajstić information content (AvgIpc) is 2.47. The molecular weight excluding hydrogens is 252 g/mol. The first-order valence-corrected chi connectivity index (χ1v) is 6.68. The Labute approximate surface area is 117 Å². The lowest BCUT2D eigenvalue weighted by Crippen LogP contribution is -2.26. The SMILES string of the molecule is C1=CC2=CC=C3OCOc4ccccc4C=C3C2OC1. The van der Waals surface area contributed by atoms with Crippen LogP contribution >= 0.6 is 0 Å². The summed E-state index contributed by atoms with van der Waals surface area (Å²) in [5, 5.41) is 0. The molecule has 2 heterocycles. The Morgan fingerprint density at radius 1 is 1.05 bits per heavy atom.